The van der Waals surface area contributed by atoms with Crippen molar-refractivity contribution in [3.63, 3.8) is 0 Å². The van der Waals surface area contributed by atoms with Gasteiger partial charge in [0.15, 0.2) is 5.65 Å². The lowest BCUT2D eigenvalue weighted by atomic mass is 10.2. The van der Waals surface area contributed by atoms with Crippen LogP contribution in [-0.4, -0.2) is 15.2 Å². The fourth-order valence-corrected chi connectivity index (χ4v) is 1.26. The average Bonchev–Trinajstić information content (AvgIpc) is 2.47. The quantitative estimate of drug-likeness (QED) is 0.693. The topological polar surface area (TPSA) is 41.6 Å². The van der Waals surface area contributed by atoms with E-state index in [1.165, 1.54) is 0 Å². The van der Waals surface area contributed by atoms with Crippen LogP contribution in [0.2, 0.25) is 0 Å². The van der Waals surface area contributed by atoms with Crippen LogP contribution in [0.15, 0.2) is 12.1 Å². The maximum atomic E-state index is 4.37. The smallest absolute Gasteiger partial charge is 0.181 e. The molecule has 0 aliphatic rings. The molecule has 2 rings (SSSR count). The molecular weight excluding hydrogens is 150 g/mol. The second-order valence-corrected chi connectivity index (χ2v) is 2.88. The lowest BCUT2D eigenvalue weighted by Gasteiger charge is -1.93. The van der Waals surface area contributed by atoms with Gasteiger partial charge in [0.2, 0.25) is 0 Å². The van der Waals surface area contributed by atoms with Crippen LogP contribution in [0, 0.1) is 6.92 Å². The van der Waals surface area contributed by atoms with Gasteiger partial charge in [-0.1, -0.05) is 6.92 Å². The van der Waals surface area contributed by atoms with Crippen LogP contribution in [0.4, 0.5) is 0 Å². The van der Waals surface area contributed by atoms with Gasteiger partial charge < -0.3 is 0 Å². The van der Waals surface area contributed by atoms with Crippen molar-refractivity contribution in [1.82, 2.24) is 15.2 Å². The minimum Gasteiger partial charge on any atom is -0.280 e. The minimum atomic E-state index is 0.826. The lowest BCUT2D eigenvalue weighted by molar-refractivity contribution is 1.02. The predicted molar refractivity (Wildman–Crippen MR) is 48.0 cm³/mol. The highest BCUT2D eigenvalue weighted by atomic mass is 15.1. The van der Waals surface area contributed by atoms with E-state index in [1.807, 2.05) is 13.0 Å². The van der Waals surface area contributed by atoms with Crippen LogP contribution in [0.25, 0.3) is 11.0 Å². The summed E-state index contributed by atoms with van der Waals surface area (Å²) in [6, 6.07) is 4.12. The zero-order chi connectivity index (χ0) is 8.55. The number of aryl methyl sites for hydroxylation is 2. The number of pyridine rings is 1. The molecule has 0 aromatic carbocycles. The van der Waals surface area contributed by atoms with E-state index in [4.69, 9.17) is 0 Å². The van der Waals surface area contributed by atoms with Crippen molar-refractivity contribution in [2.75, 3.05) is 0 Å². The van der Waals surface area contributed by atoms with E-state index in [0.29, 0.717) is 0 Å². The molecule has 2 aromatic rings. The SMILES string of the molecule is CCc1ccc2c(C)[nH]nc2n1. The van der Waals surface area contributed by atoms with Crippen molar-refractivity contribution < 1.29 is 0 Å². The number of aromatic amines is 1. The standard InChI is InChI=1S/C9H11N3/c1-3-7-4-5-8-6(2)11-12-9(8)10-7/h4-5H,3H2,1-2H3,(H,10,11,12). The molecule has 0 saturated heterocycles. The van der Waals surface area contributed by atoms with E-state index in [9.17, 15) is 0 Å². The summed E-state index contributed by atoms with van der Waals surface area (Å²) in [5.41, 5.74) is 3.00. The van der Waals surface area contributed by atoms with Crippen molar-refractivity contribution in [3.05, 3.63) is 23.5 Å². The Labute approximate surface area is 70.8 Å². The summed E-state index contributed by atoms with van der Waals surface area (Å²) in [5, 5.41) is 8.12. The lowest BCUT2D eigenvalue weighted by Crippen LogP contribution is -1.86. The fourth-order valence-electron chi connectivity index (χ4n) is 1.26. The fraction of sp³-hybridized carbons (Fsp3) is 0.333. The van der Waals surface area contributed by atoms with E-state index >= 15 is 0 Å². The number of hydrogen-bond acceptors (Lipinski definition) is 2. The Hall–Kier alpha value is -1.38. The number of fused-ring (bicyclic) bond motifs is 1. The first kappa shape index (κ1) is 7.28. The zero-order valence-electron chi connectivity index (χ0n) is 7.26. The summed E-state index contributed by atoms with van der Waals surface area (Å²) >= 11 is 0. The van der Waals surface area contributed by atoms with Crippen LogP contribution >= 0.6 is 0 Å². The molecule has 3 heteroatoms. The second-order valence-electron chi connectivity index (χ2n) is 2.88. The van der Waals surface area contributed by atoms with Crippen molar-refractivity contribution in [3.8, 4) is 0 Å². The normalized spacial score (nSPS) is 10.8. The van der Waals surface area contributed by atoms with Crippen LogP contribution in [-0.2, 0) is 6.42 Å². The molecule has 0 aliphatic carbocycles. The highest BCUT2D eigenvalue weighted by Gasteiger charge is 2.01. The van der Waals surface area contributed by atoms with Crippen molar-refractivity contribution in [1.29, 1.82) is 0 Å². The van der Waals surface area contributed by atoms with Crippen LogP contribution < -0.4 is 0 Å². The molecule has 0 spiro atoms. The first-order chi connectivity index (χ1) is 5.81. The largest absolute Gasteiger partial charge is 0.280 e. The summed E-state index contributed by atoms with van der Waals surface area (Å²) in [5.74, 6) is 0. The number of hydrogen-bond donors (Lipinski definition) is 1. The molecular formula is C9H11N3. The Kier molecular flexibility index (Phi) is 1.57. The molecule has 2 heterocycles. The van der Waals surface area contributed by atoms with Gasteiger partial charge in [-0.2, -0.15) is 5.10 Å². The highest BCUT2D eigenvalue weighted by molar-refractivity contribution is 5.77. The molecule has 0 saturated carbocycles. The van der Waals surface area contributed by atoms with Gasteiger partial charge in [0.1, 0.15) is 0 Å². The zero-order valence-corrected chi connectivity index (χ0v) is 7.26. The third kappa shape index (κ3) is 0.978. The summed E-state index contributed by atoms with van der Waals surface area (Å²) in [6.45, 7) is 4.09. The van der Waals surface area contributed by atoms with E-state index in [2.05, 4.69) is 28.2 Å². The third-order valence-corrected chi connectivity index (χ3v) is 2.03. The summed E-state index contributed by atoms with van der Waals surface area (Å²) in [6.07, 6.45) is 0.960. The van der Waals surface area contributed by atoms with Gasteiger partial charge in [0, 0.05) is 16.8 Å². The molecule has 0 amide bonds. The molecule has 0 atom stereocenters. The monoisotopic (exact) mass is 161 g/mol. The number of aromatic nitrogens is 3. The van der Waals surface area contributed by atoms with Crippen LogP contribution in [0.3, 0.4) is 0 Å². The molecule has 0 fully saturated rings. The number of rotatable bonds is 1. The molecule has 1 N–H and O–H groups in total. The molecule has 3 nitrogen and oxygen atoms in total. The van der Waals surface area contributed by atoms with E-state index in [1.54, 1.807) is 0 Å². The Balaban J connectivity index is 2.69. The van der Waals surface area contributed by atoms with Crippen molar-refractivity contribution >= 4 is 11.0 Å². The number of nitrogens with zero attached hydrogens (tertiary/aromatic N) is 2. The Morgan fingerprint density at radius 1 is 1.42 bits per heavy atom. The predicted octanol–water partition coefficient (Wildman–Crippen LogP) is 1.83. The van der Waals surface area contributed by atoms with E-state index < -0.39 is 0 Å². The molecule has 0 radical (unpaired) electrons. The molecule has 0 aliphatic heterocycles. The Morgan fingerprint density at radius 2 is 2.25 bits per heavy atom. The minimum absolute atomic E-state index is 0.826. The van der Waals surface area contributed by atoms with Crippen LogP contribution in [0.5, 0.6) is 0 Å². The maximum absolute atomic E-state index is 4.37. The number of H-pyrrole nitrogens is 1. The summed E-state index contributed by atoms with van der Waals surface area (Å²) in [7, 11) is 0. The van der Waals surface area contributed by atoms with Crippen LogP contribution in [0.1, 0.15) is 18.3 Å². The van der Waals surface area contributed by atoms with Gasteiger partial charge in [-0.05, 0) is 25.5 Å². The molecule has 2 aromatic heterocycles. The maximum Gasteiger partial charge on any atom is 0.181 e. The summed E-state index contributed by atoms with van der Waals surface area (Å²) in [4.78, 5) is 4.37. The van der Waals surface area contributed by atoms with Crippen molar-refractivity contribution in [2.24, 2.45) is 0 Å². The average molecular weight is 161 g/mol. The van der Waals surface area contributed by atoms with Gasteiger partial charge in [-0.3, -0.25) is 5.10 Å². The third-order valence-electron chi connectivity index (χ3n) is 2.03. The van der Waals surface area contributed by atoms with E-state index in [-0.39, 0.29) is 0 Å². The van der Waals surface area contributed by atoms with Gasteiger partial charge in [0.05, 0.1) is 0 Å². The Bertz CT molecular complexity index is 403. The molecule has 0 bridgehead atoms. The highest BCUT2D eigenvalue weighted by Crippen LogP contribution is 2.13. The first-order valence-corrected chi connectivity index (χ1v) is 4.12. The van der Waals surface area contributed by atoms with Gasteiger partial charge in [0.25, 0.3) is 0 Å². The number of nitrogens with one attached hydrogen (secondary N) is 1. The second kappa shape index (κ2) is 2.59. The molecule has 0 unspecified atom stereocenters. The molecule has 12 heavy (non-hydrogen) atoms. The Morgan fingerprint density at radius 3 is 3.00 bits per heavy atom. The van der Waals surface area contributed by atoms with Gasteiger partial charge in [-0.15, -0.1) is 0 Å². The first-order valence-electron chi connectivity index (χ1n) is 4.12. The van der Waals surface area contributed by atoms with Gasteiger partial charge in [-0.25, -0.2) is 4.98 Å². The van der Waals surface area contributed by atoms with E-state index in [0.717, 1.165) is 28.8 Å². The van der Waals surface area contributed by atoms with Crippen molar-refractivity contribution in [2.45, 2.75) is 20.3 Å². The van der Waals surface area contributed by atoms with Gasteiger partial charge >= 0.3 is 0 Å². The molecule has 62 valence electrons. The summed E-state index contributed by atoms with van der Waals surface area (Å²) < 4.78 is 0.